The summed E-state index contributed by atoms with van der Waals surface area (Å²) < 4.78 is 6.62. The second-order valence-corrected chi connectivity index (χ2v) is 4.71. The van der Waals surface area contributed by atoms with Gasteiger partial charge in [0.25, 0.3) is 0 Å². The van der Waals surface area contributed by atoms with E-state index in [1.165, 1.54) is 4.57 Å². The van der Waals surface area contributed by atoms with E-state index in [1.54, 1.807) is 7.05 Å². The first-order valence-electron chi connectivity index (χ1n) is 6.05. The Morgan fingerprint density at radius 3 is 2.83 bits per heavy atom. The molecule has 2 aromatic rings. The lowest BCUT2D eigenvalue weighted by Crippen LogP contribution is -2.25. The van der Waals surface area contributed by atoms with Crippen LogP contribution in [0, 0.1) is 0 Å². The number of aromatic nitrogens is 1. The highest BCUT2D eigenvalue weighted by Crippen LogP contribution is 2.22. The lowest BCUT2D eigenvalue weighted by molar-refractivity contribution is 0.499. The van der Waals surface area contributed by atoms with Crippen LogP contribution in [0.15, 0.2) is 27.4 Å². The minimum Gasteiger partial charge on any atom is -0.408 e. The predicted octanol–water partition coefficient (Wildman–Crippen LogP) is 1.13. The Hall–Kier alpha value is -1.59. The molecule has 0 bridgehead atoms. The Morgan fingerprint density at radius 1 is 1.50 bits per heavy atom. The fraction of sp³-hybridized carbons (Fsp3) is 0.462. The molecule has 1 aromatic carbocycles. The summed E-state index contributed by atoms with van der Waals surface area (Å²) >= 11 is 0. The summed E-state index contributed by atoms with van der Waals surface area (Å²) in [6, 6.07) is 6.07. The van der Waals surface area contributed by atoms with Crippen molar-refractivity contribution in [2.75, 3.05) is 7.05 Å². The summed E-state index contributed by atoms with van der Waals surface area (Å²) in [6.07, 6.45) is 0.841. The lowest BCUT2D eigenvalue weighted by atomic mass is 10.00. The first kappa shape index (κ1) is 12.9. The molecule has 2 atom stereocenters. The molecule has 0 aliphatic rings. The van der Waals surface area contributed by atoms with Crippen molar-refractivity contribution in [1.82, 2.24) is 9.88 Å². The average Bonchev–Trinajstić information content (AvgIpc) is 2.62. The third-order valence-electron chi connectivity index (χ3n) is 3.17. The molecule has 98 valence electrons. The minimum atomic E-state index is -0.338. The van der Waals surface area contributed by atoms with Gasteiger partial charge in [0.15, 0.2) is 5.58 Å². The maximum atomic E-state index is 11.4. The van der Waals surface area contributed by atoms with Gasteiger partial charge in [-0.2, -0.15) is 0 Å². The summed E-state index contributed by atoms with van der Waals surface area (Å²) in [5.41, 5.74) is 8.37. The van der Waals surface area contributed by atoms with E-state index in [1.807, 2.05) is 32.2 Å². The highest BCUT2D eigenvalue weighted by Gasteiger charge is 2.14. The molecular weight excluding hydrogens is 230 g/mol. The number of nitrogens with zero attached hydrogens (tertiary/aromatic N) is 1. The van der Waals surface area contributed by atoms with E-state index in [9.17, 15) is 4.79 Å². The van der Waals surface area contributed by atoms with Crippen molar-refractivity contribution in [2.45, 2.75) is 25.4 Å². The van der Waals surface area contributed by atoms with Crippen molar-refractivity contribution in [3.05, 3.63) is 34.3 Å². The fourth-order valence-corrected chi connectivity index (χ4v) is 2.15. The lowest BCUT2D eigenvalue weighted by Gasteiger charge is -2.18. The van der Waals surface area contributed by atoms with Crippen molar-refractivity contribution < 1.29 is 4.42 Å². The van der Waals surface area contributed by atoms with Crippen LogP contribution in [0.1, 0.15) is 24.9 Å². The second kappa shape index (κ2) is 4.96. The van der Waals surface area contributed by atoms with E-state index in [-0.39, 0.29) is 17.8 Å². The Bertz CT molecular complexity index is 598. The van der Waals surface area contributed by atoms with Crippen LogP contribution in [0.2, 0.25) is 0 Å². The number of fused-ring (bicyclic) bond motifs is 1. The number of benzene rings is 1. The average molecular weight is 249 g/mol. The third kappa shape index (κ3) is 2.32. The maximum absolute atomic E-state index is 11.4. The molecule has 5 heteroatoms. The highest BCUT2D eigenvalue weighted by atomic mass is 16.4. The van der Waals surface area contributed by atoms with Gasteiger partial charge in [0.2, 0.25) is 0 Å². The van der Waals surface area contributed by atoms with E-state index in [0.717, 1.165) is 17.5 Å². The molecule has 2 unspecified atom stereocenters. The van der Waals surface area contributed by atoms with Crippen LogP contribution >= 0.6 is 0 Å². The van der Waals surface area contributed by atoms with Gasteiger partial charge in [0.05, 0.1) is 5.52 Å². The van der Waals surface area contributed by atoms with Gasteiger partial charge in [-0.3, -0.25) is 4.57 Å². The fourth-order valence-electron chi connectivity index (χ4n) is 2.15. The largest absolute Gasteiger partial charge is 0.419 e. The van der Waals surface area contributed by atoms with Crippen LogP contribution in [0.25, 0.3) is 11.1 Å². The molecule has 1 aromatic heterocycles. The van der Waals surface area contributed by atoms with Crippen LogP contribution in [-0.4, -0.2) is 17.7 Å². The number of hydrogen-bond acceptors (Lipinski definition) is 4. The molecule has 0 saturated heterocycles. The van der Waals surface area contributed by atoms with E-state index in [4.69, 9.17) is 10.2 Å². The van der Waals surface area contributed by atoms with Gasteiger partial charge in [-0.15, -0.1) is 0 Å². The van der Waals surface area contributed by atoms with Crippen molar-refractivity contribution >= 4 is 11.1 Å². The summed E-state index contributed by atoms with van der Waals surface area (Å²) in [4.78, 5) is 11.4. The van der Waals surface area contributed by atoms with E-state index in [2.05, 4.69) is 5.32 Å². The standard InChI is InChI=1S/C13H19N3O2/c1-8(14)6-10(15-2)9-4-5-12-11(7-9)16(3)13(17)18-12/h4-5,7-8,10,15H,6,14H2,1-3H3. The molecule has 0 amide bonds. The zero-order chi connectivity index (χ0) is 13.3. The van der Waals surface area contributed by atoms with Gasteiger partial charge in [-0.1, -0.05) is 6.07 Å². The molecule has 18 heavy (non-hydrogen) atoms. The summed E-state index contributed by atoms with van der Waals surface area (Å²) in [6.45, 7) is 1.98. The molecule has 0 spiro atoms. The Labute approximate surface area is 106 Å². The topological polar surface area (TPSA) is 73.2 Å². The Balaban J connectivity index is 2.44. The SMILES string of the molecule is CNC(CC(C)N)c1ccc2oc(=O)n(C)c2c1. The van der Waals surface area contributed by atoms with Crippen molar-refractivity contribution in [2.24, 2.45) is 12.8 Å². The predicted molar refractivity (Wildman–Crippen MR) is 71.5 cm³/mol. The quantitative estimate of drug-likeness (QED) is 0.852. The summed E-state index contributed by atoms with van der Waals surface area (Å²) in [5, 5.41) is 3.24. The number of rotatable bonds is 4. The highest BCUT2D eigenvalue weighted by molar-refractivity contribution is 5.73. The van der Waals surface area contributed by atoms with Gasteiger partial charge in [-0.05, 0) is 38.1 Å². The van der Waals surface area contributed by atoms with Crippen LogP contribution < -0.4 is 16.8 Å². The van der Waals surface area contributed by atoms with E-state index < -0.39 is 0 Å². The second-order valence-electron chi connectivity index (χ2n) is 4.71. The Morgan fingerprint density at radius 2 is 2.22 bits per heavy atom. The summed E-state index contributed by atoms with van der Waals surface area (Å²) in [7, 11) is 3.61. The summed E-state index contributed by atoms with van der Waals surface area (Å²) in [5.74, 6) is -0.338. The zero-order valence-electron chi connectivity index (χ0n) is 10.9. The normalized spacial score (nSPS) is 14.9. The van der Waals surface area contributed by atoms with Gasteiger partial charge < -0.3 is 15.5 Å². The number of aryl methyl sites for hydroxylation is 1. The van der Waals surface area contributed by atoms with E-state index >= 15 is 0 Å². The molecule has 0 radical (unpaired) electrons. The molecule has 0 saturated carbocycles. The van der Waals surface area contributed by atoms with Crippen LogP contribution in [-0.2, 0) is 7.05 Å². The van der Waals surface area contributed by atoms with Gasteiger partial charge in [-0.25, -0.2) is 4.79 Å². The van der Waals surface area contributed by atoms with Crippen LogP contribution in [0.4, 0.5) is 0 Å². The first-order chi connectivity index (χ1) is 8.52. The molecule has 2 rings (SSSR count). The Kier molecular flexibility index (Phi) is 3.54. The zero-order valence-corrected chi connectivity index (χ0v) is 10.9. The number of oxazole rings is 1. The van der Waals surface area contributed by atoms with E-state index in [0.29, 0.717) is 5.58 Å². The number of hydrogen-bond donors (Lipinski definition) is 2. The maximum Gasteiger partial charge on any atom is 0.419 e. The van der Waals surface area contributed by atoms with Crippen LogP contribution in [0.5, 0.6) is 0 Å². The molecule has 1 heterocycles. The van der Waals surface area contributed by atoms with Gasteiger partial charge in [0.1, 0.15) is 0 Å². The molecular formula is C13H19N3O2. The third-order valence-corrected chi connectivity index (χ3v) is 3.17. The van der Waals surface area contributed by atoms with Crippen molar-refractivity contribution in [3.63, 3.8) is 0 Å². The molecule has 3 N–H and O–H groups in total. The molecule has 0 fully saturated rings. The van der Waals surface area contributed by atoms with Gasteiger partial charge >= 0.3 is 5.76 Å². The molecule has 0 aliphatic heterocycles. The first-order valence-corrected chi connectivity index (χ1v) is 6.05. The number of nitrogens with one attached hydrogen (secondary N) is 1. The monoisotopic (exact) mass is 249 g/mol. The van der Waals surface area contributed by atoms with Crippen molar-refractivity contribution in [3.8, 4) is 0 Å². The molecule has 0 aliphatic carbocycles. The molecule has 5 nitrogen and oxygen atoms in total. The minimum absolute atomic E-state index is 0.117. The van der Waals surface area contributed by atoms with Crippen LogP contribution in [0.3, 0.4) is 0 Å². The van der Waals surface area contributed by atoms with Crippen molar-refractivity contribution in [1.29, 1.82) is 0 Å². The van der Waals surface area contributed by atoms with Gasteiger partial charge in [0, 0.05) is 19.1 Å². The number of nitrogens with two attached hydrogens (primary N) is 1. The smallest absolute Gasteiger partial charge is 0.408 e.